The summed E-state index contributed by atoms with van der Waals surface area (Å²) >= 11 is 4.98. The maximum atomic E-state index is 5.62. The van der Waals surface area contributed by atoms with Gasteiger partial charge in [0.25, 0.3) is 0 Å². The van der Waals surface area contributed by atoms with Crippen molar-refractivity contribution in [1.82, 2.24) is 10.2 Å². The zero-order valence-corrected chi connectivity index (χ0v) is 11.9. The van der Waals surface area contributed by atoms with Crippen LogP contribution in [0.5, 0.6) is 0 Å². The molecule has 2 fully saturated rings. The first-order chi connectivity index (χ1) is 9.22. The van der Waals surface area contributed by atoms with E-state index in [1.165, 1.54) is 31.5 Å². The predicted octanol–water partition coefficient (Wildman–Crippen LogP) is 1.73. The Kier molecular flexibility index (Phi) is 3.71. The molecule has 4 heteroatoms. The minimum absolute atomic E-state index is 0.451. The summed E-state index contributed by atoms with van der Waals surface area (Å²) in [6.07, 6.45) is 2.52. The highest BCUT2D eigenvalue weighted by Crippen LogP contribution is 2.38. The van der Waals surface area contributed by atoms with Gasteiger partial charge in [0, 0.05) is 25.7 Å². The highest BCUT2D eigenvalue weighted by atomic mass is 32.1. The predicted molar refractivity (Wildman–Crippen MR) is 81.6 cm³/mol. The summed E-state index contributed by atoms with van der Waals surface area (Å²) in [7, 11) is 0. The lowest BCUT2D eigenvalue weighted by Crippen LogP contribution is -2.42. The van der Waals surface area contributed by atoms with Crippen molar-refractivity contribution in [3.05, 3.63) is 35.9 Å². The monoisotopic (exact) mass is 275 g/mol. The van der Waals surface area contributed by atoms with Gasteiger partial charge in [-0.15, -0.1) is 0 Å². The molecular formula is C15H21N3S. The molecule has 1 aromatic carbocycles. The molecule has 3 rings (SSSR count). The molecule has 102 valence electrons. The van der Waals surface area contributed by atoms with Crippen LogP contribution in [0, 0.1) is 11.8 Å². The van der Waals surface area contributed by atoms with E-state index >= 15 is 0 Å². The fraction of sp³-hybridized carbons (Fsp3) is 0.533. The lowest BCUT2D eigenvalue weighted by molar-refractivity contribution is 0.295. The van der Waals surface area contributed by atoms with E-state index in [2.05, 4.69) is 40.5 Å². The highest BCUT2D eigenvalue weighted by molar-refractivity contribution is 7.80. The molecule has 1 aromatic rings. The largest absolute Gasteiger partial charge is 0.376 e. The van der Waals surface area contributed by atoms with E-state index in [1.54, 1.807) is 0 Å². The van der Waals surface area contributed by atoms with Gasteiger partial charge in [-0.25, -0.2) is 0 Å². The molecule has 1 heterocycles. The summed E-state index contributed by atoms with van der Waals surface area (Å²) in [5.41, 5.74) is 7.02. The van der Waals surface area contributed by atoms with Crippen molar-refractivity contribution in [3.8, 4) is 0 Å². The van der Waals surface area contributed by atoms with Crippen LogP contribution in [0.2, 0.25) is 0 Å². The molecule has 1 aliphatic heterocycles. The number of likely N-dealkylation sites (tertiary alicyclic amines) is 1. The number of benzene rings is 1. The third-order valence-electron chi connectivity index (χ3n) is 4.51. The zero-order chi connectivity index (χ0) is 13.2. The summed E-state index contributed by atoms with van der Waals surface area (Å²) in [6.45, 7) is 3.45. The molecule has 1 saturated heterocycles. The fourth-order valence-corrected chi connectivity index (χ4v) is 3.84. The number of hydrogen-bond acceptors (Lipinski definition) is 2. The summed E-state index contributed by atoms with van der Waals surface area (Å²) in [5.74, 6) is 1.53. The number of hydrogen-bond donors (Lipinski definition) is 2. The number of nitrogens with two attached hydrogens (primary N) is 1. The van der Waals surface area contributed by atoms with Crippen LogP contribution >= 0.6 is 12.2 Å². The summed E-state index contributed by atoms with van der Waals surface area (Å²) in [5, 5.41) is 3.73. The summed E-state index contributed by atoms with van der Waals surface area (Å²) in [6, 6.07) is 11.2. The van der Waals surface area contributed by atoms with E-state index in [0.29, 0.717) is 17.1 Å². The highest BCUT2D eigenvalue weighted by Gasteiger charge is 2.42. The molecule has 0 bridgehead atoms. The number of nitrogens with one attached hydrogen (secondary N) is 1. The molecule has 0 radical (unpaired) electrons. The van der Waals surface area contributed by atoms with Gasteiger partial charge in [0.1, 0.15) is 0 Å². The van der Waals surface area contributed by atoms with Crippen molar-refractivity contribution in [3.63, 3.8) is 0 Å². The Balaban J connectivity index is 1.60. The first kappa shape index (κ1) is 12.9. The summed E-state index contributed by atoms with van der Waals surface area (Å²) < 4.78 is 0. The summed E-state index contributed by atoms with van der Waals surface area (Å²) in [4.78, 5) is 2.57. The molecule has 0 amide bonds. The van der Waals surface area contributed by atoms with Crippen LogP contribution < -0.4 is 11.1 Å². The van der Waals surface area contributed by atoms with Gasteiger partial charge in [0.2, 0.25) is 0 Å². The smallest absolute Gasteiger partial charge is 0.163 e. The van der Waals surface area contributed by atoms with Crippen molar-refractivity contribution >= 4 is 17.3 Å². The fourth-order valence-electron chi connectivity index (χ4n) is 3.69. The molecule has 0 spiro atoms. The van der Waals surface area contributed by atoms with Crippen LogP contribution in [0.25, 0.3) is 0 Å². The van der Waals surface area contributed by atoms with Crippen molar-refractivity contribution in [1.29, 1.82) is 0 Å². The van der Waals surface area contributed by atoms with Gasteiger partial charge in [0.05, 0.1) is 0 Å². The van der Waals surface area contributed by atoms with Gasteiger partial charge in [-0.1, -0.05) is 30.3 Å². The van der Waals surface area contributed by atoms with Crippen LogP contribution in [0.4, 0.5) is 0 Å². The van der Waals surface area contributed by atoms with Crippen molar-refractivity contribution < 1.29 is 0 Å². The van der Waals surface area contributed by atoms with Gasteiger partial charge in [0.15, 0.2) is 5.11 Å². The molecule has 3 nitrogen and oxygen atoms in total. The van der Waals surface area contributed by atoms with E-state index < -0.39 is 0 Å². The van der Waals surface area contributed by atoms with Gasteiger partial charge in [-0.3, -0.25) is 4.90 Å². The van der Waals surface area contributed by atoms with Crippen LogP contribution in [0.3, 0.4) is 0 Å². The normalized spacial score (nSPS) is 30.2. The van der Waals surface area contributed by atoms with Crippen molar-refractivity contribution in [2.45, 2.75) is 25.4 Å². The van der Waals surface area contributed by atoms with E-state index in [4.69, 9.17) is 18.0 Å². The standard InChI is InChI=1S/C15H21N3S/c16-15(19)17-14-7-6-12-9-18(10-13(12)14)8-11-4-2-1-3-5-11/h1-5,12-14H,6-10H2,(H3,16,17,19). The van der Waals surface area contributed by atoms with Gasteiger partial charge < -0.3 is 11.1 Å². The van der Waals surface area contributed by atoms with Crippen molar-refractivity contribution in [2.24, 2.45) is 17.6 Å². The molecule has 19 heavy (non-hydrogen) atoms. The second-order valence-electron chi connectivity index (χ2n) is 5.80. The first-order valence-corrected chi connectivity index (χ1v) is 7.45. The lowest BCUT2D eigenvalue weighted by Gasteiger charge is -2.21. The Morgan fingerprint density at radius 3 is 2.79 bits per heavy atom. The zero-order valence-electron chi connectivity index (χ0n) is 11.1. The third kappa shape index (κ3) is 2.90. The van der Waals surface area contributed by atoms with Crippen LogP contribution in [-0.2, 0) is 6.54 Å². The number of fused-ring (bicyclic) bond motifs is 1. The minimum Gasteiger partial charge on any atom is -0.376 e. The van der Waals surface area contributed by atoms with E-state index in [1.807, 2.05) is 0 Å². The maximum absolute atomic E-state index is 5.62. The average molecular weight is 275 g/mol. The number of nitrogens with zero attached hydrogens (tertiary/aromatic N) is 1. The Bertz CT molecular complexity index is 448. The van der Waals surface area contributed by atoms with Crippen LogP contribution in [-0.4, -0.2) is 29.1 Å². The first-order valence-electron chi connectivity index (χ1n) is 7.04. The lowest BCUT2D eigenvalue weighted by atomic mass is 9.98. The molecule has 3 N–H and O–H groups in total. The Morgan fingerprint density at radius 2 is 2.05 bits per heavy atom. The Morgan fingerprint density at radius 1 is 1.26 bits per heavy atom. The Labute approximate surface area is 120 Å². The van der Waals surface area contributed by atoms with E-state index in [-0.39, 0.29) is 0 Å². The van der Waals surface area contributed by atoms with Crippen molar-refractivity contribution in [2.75, 3.05) is 13.1 Å². The molecule has 0 aromatic heterocycles. The van der Waals surface area contributed by atoms with Gasteiger partial charge >= 0.3 is 0 Å². The van der Waals surface area contributed by atoms with E-state index in [9.17, 15) is 0 Å². The van der Waals surface area contributed by atoms with Gasteiger partial charge in [-0.2, -0.15) is 0 Å². The molecule has 1 aliphatic carbocycles. The minimum atomic E-state index is 0.451. The third-order valence-corrected chi connectivity index (χ3v) is 4.63. The molecule has 3 unspecified atom stereocenters. The number of thiocarbonyl (C=S) groups is 1. The topological polar surface area (TPSA) is 41.3 Å². The Hall–Kier alpha value is -1.13. The second-order valence-corrected chi connectivity index (χ2v) is 6.24. The van der Waals surface area contributed by atoms with E-state index in [0.717, 1.165) is 12.5 Å². The molecule has 3 atom stereocenters. The second kappa shape index (κ2) is 5.47. The number of rotatable bonds is 3. The van der Waals surface area contributed by atoms with Crippen LogP contribution in [0.1, 0.15) is 18.4 Å². The average Bonchev–Trinajstić information content (AvgIpc) is 2.92. The molecule has 1 saturated carbocycles. The van der Waals surface area contributed by atoms with Crippen LogP contribution in [0.15, 0.2) is 30.3 Å². The SMILES string of the molecule is NC(=S)NC1CCC2CN(Cc3ccccc3)CC21. The quantitative estimate of drug-likeness (QED) is 0.824. The molecule has 2 aliphatic rings. The maximum Gasteiger partial charge on any atom is 0.163 e. The van der Waals surface area contributed by atoms with Gasteiger partial charge in [-0.05, 0) is 42.5 Å². The molecular weight excluding hydrogens is 254 g/mol.